The number of carbonyl (C=O) groups excluding carboxylic acids is 1. The van der Waals surface area contributed by atoms with Gasteiger partial charge >= 0.3 is 0 Å². The average molecular weight is 285 g/mol. The number of carbonyl (C=O) groups is 1. The van der Waals surface area contributed by atoms with E-state index in [0.717, 1.165) is 30.9 Å². The molecule has 1 aromatic rings. The van der Waals surface area contributed by atoms with Gasteiger partial charge in [-0.15, -0.1) is 0 Å². The molecular formula is C17H23N3O. The van der Waals surface area contributed by atoms with Crippen LogP contribution in [0.2, 0.25) is 0 Å². The first-order valence-corrected chi connectivity index (χ1v) is 7.74. The molecule has 0 bridgehead atoms. The summed E-state index contributed by atoms with van der Waals surface area (Å²) in [5, 5.41) is 6.13. The summed E-state index contributed by atoms with van der Waals surface area (Å²) >= 11 is 0. The van der Waals surface area contributed by atoms with Crippen LogP contribution in [0.15, 0.2) is 35.4 Å². The van der Waals surface area contributed by atoms with E-state index in [0.29, 0.717) is 0 Å². The van der Waals surface area contributed by atoms with Crippen molar-refractivity contribution >= 4 is 11.6 Å². The molecule has 2 saturated heterocycles. The van der Waals surface area contributed by atoms with Gasteiger partial charge < -0.3 is 10.6 Å². The zero-order valence-electron chi connectivity index (χ0n) is 12.6. The molecule has 2 N–H and O–H groups in total. The van der Waals surface area contributed by atoms with E-state index in [9.17, 15) is 4.79 Å². The molecule has 0 spiro atoms. The van der Waals surface area contributed by atoms with Gasteiger partial charge in [-0.3, -0.25) is 9.69 Å². The number of nitrogens with one attached hydrogen (secondary N) is 2. The van der Waals surface area contributed by atoms with Crippen LogP contribution in [0, 0.1) is 0 Å². The second-order valence-electron chi connectivity index (χ2n) is 5.97. The Morgan fingerprint density at radius 2 is 1.86 bits per heavy atom. The van der Waals surface area contributed by atoms with Crippen LogP contribution < -0.4 is 10.6 Å². The summed E-state index contributed by atoms with van der Waals surface area (Å²) in [5.41, 5.74) is 4.23. The Morgan fingerprint density at radius 3 is 2.43 bits per heavy atom. The first-order chi connectivity index (χ1) is 10.2. The molecule has 0 saturated carbocycles. The normalized spacial score (nSPS) is 18.4. The fourth-order valence-electron chi connectivity index (χ4n) is 2.79. The average Bonchev–Trinajstić information content (AvgIpc) is 2.92. The molecule has 21 heavy (non-hydrogen) atoms. The van der Waals surface area contributed by atoms with Crippen LogP contribution >= 0.6 is 0 Å². The molecule has 0 unspecified atom stereocenters. The smallest absolute Gasteiger partial charge is 0.251 e. The van der Waals surface area contributed by atoms with Gasteiger partial charge in [0.15, 0.2) is 0 Å². The Bertz CT molecular complexity index is 536. The van der Waals surface area contributed by atoms with Crippen LogP contribution in [0.1, 0.15) is 25.3 Å². The van der Waals surface area contributed by atoms with Crippen LogP contribution in [0.5, 0.6) is 0 Å². The first-order valence-electron chi connectivity index (χ1n) is 7.74. The van der Waals surface area contributed by atoms with Crippen molar-refractivity contribution in [2.24, 2.45) is 0 Å². The van der Waals surface area contributed by atoms with Crippen molar-refractivity contribution in [2.75, 3.05) is 31.5 Å². The van der Waals surface area contributed by atoms with Crippen molar-refractivity contribution in [2.45, 2.75) is 26.3 Å². The zero-order chi connectivity index (χ0) is 14.7. The Balaban J connectivity index is 1.57. The van der Waals surface area contributed by atoms with Crippen molar-refractivity contribution in [1.82, 2.24) is 10.2 Å². The van der Waals surface area contributed by atoms with Crippen molar-refractivity contribution in [3.8, 4) is 0 Å². The van der Waals surface area contributed by atoms with E-state index in [1.54, 1.807) is 0 Å². The molecule has 0 radical (unpaired) electrons. The molecule has 2 aliphatic heterocycles. The lowest BCUT2D eigenvalue weighted by Gasteiger charge is -2.21. The molecule has 0 atom stereocenters. The summed E-state index contributed by atoms with van der Waals surface area (Å²) in [5.74, 6) is 0.0128. The monoisotopic (exact) mass is 285 g/mol. The zero-order valence-corrected chi connectivity index (χ0v) is 12.6. The van der Waals surface area contributed by atoms with Crippen molar-refractivity contribution in [3.05, 3.63) is 41.0 Å². The van der Waals surface area contributed by atoms with E-state index in [-0.39, 0.29) is 5.91 Å². The second kappa shape index (κ2) is 6.41. The standard InChI is InChI=1S/C17H23N3O/c1-13(15-10-18-11-15)17(21)19-16-6-4-14(5-7-16)12-20-8-2-3-9-20/h4-7,18H,2-3,8-12H2,1H3,(H,19,21). The molecule has 4 heteroatoms. The molecule has 3 rings (SSSR count). The highest BCUT2D eigenvalue weighted by Gasteiger charge is 2.16. The lowest BCUT2D eigenvalue weighted by atomic mass is 10.0. The Hall–Kier alpha value is -1.65. The summed E-state index contributed by atoms with van der Waals surface area (Å²) in [6.07, 6.45) is 2.63. The second-order valence-corrected chi connectivity index (χ2v) is 5.97. The summed E-state index contributed by atoms with van der Waals surface area (Å²) in [4.78, 5) is 14.6. The van der Waals surface area contributed by atoms with Gasteiger partial charge in [-0.25, -0.2) is 0 Å². The van der Waals surface area contributed by atoms with E-state index < -0.39 is 0 Å². The number of nitrogens with zero attached hydrogens (tertiary/aromatic N) is 1. The van der Waals surface area contributed by atoms with Gasteiger partial charge in [0.1, 0.15) is 0 Å². The van der Waals surface area contributed by atoms with Crippen molar-refractivity contribution in [3.63, 3.8) is 0 Å². The Labute approximate surface area is 126 Å². The van der Waals surface area contributed by atoms with E-state index in [1.165, 1.54) is 37.1 Å². The maximum absolute atomic E-state index is 12.1. The third-order valence-electron chi connectivity index (χ3n) is 4.36. The molecule has 1 aromatic carbocycles. The minimum absolute atomic E-state index is 0.0128. The molecule has 2 aliphatic rings. The lowest BCUT2D eigenvalue weighted by molar-refractivity contribution is -0.112. The number of anilines is 1. The fraction of sp³-hybridized carbons (Fsp3) is 0.471. The molecule has 2 fully saturated rings. The number of amides is 1. The highest BCUT2D eigenvalue weighted by atomic mass is 16.1. The van der Waals surface area contributed by atoms with Gasteiger partial charge in [0.05, 0.1) is 0 Å². The highest BCUT2D eigenvalue weighted by Crippen LogP contribution is 2.16. The van der Waals surface area contributed by atoms with Gasteiger partial charge in [-0.1, -0.05) is 12.1 Å². The molecule has 0 aliphatic carbocycles. The summed E-state index contributed by atoms with van der Waals surface area (Å²) in [6.45, 7) is 7.01. The van der Waals surface area contributed by atoms with Crippen LogP contribution in [0.4, 0.5) is 5.69 Å². The van der Waals surface area contributed by atoms with Crippen LogP contribution in [-0.2, 0) is 11.3 Å². The summed E-state index contributed by atoms with van der Waals surface area (Å²) in [6, 6.07) is 8.23. The Kier molecular flexibility index (Phi) is 4.36. The molecule has 112 valence electrons. The predicted octanol–water partition coefficient (Wildman–Crippen LogP) is 2.14. The lowest BCUT2D eigenvalue weighted by Crippen LogP contribution is -2.36. The van der Waals surface area contributed by atoms with Crippen LogP contribution in [-0.4, -0.2) is 37.0 Å². The van der Waals surface area contributed by atoms with Crippen molar-refractivity contribution < 1.29 is 4.79 Å². The van der Waals surface area contributed by atoms with Crippen LogP contribution in [0.25, 0.3) is 0 Å². The molecule has 4 nitrogen and oxygen atoms in total. The quantitative estimate of drug-likeness (QED) is 0.833. The number of benzene rings is 1. The fourth-order valence-corrected chi connectivity index (χ4v) is 2.79. The molecular weight excluding hydrogens is 262 g/mol. The van der Waals surface area contributed by atoms with Gasteiger partial charge in [0.25, 0.3) is 5.91 Å². The molecule has 1 amide bonds. The largest absolute Gasteiger partial charge is 0.322 e. The first kappa shape index (κ1) is 14.3. The summed E-state index contributed by atoms with van der Waals surface area (Å²) in [7, 11) is 0. The SMILES string of the molecule is CC(C(=O)Nc1ccc(CN2CCCC2)cc1)=C1CNC1. The highest BCUT2D eigenvalue weighted by molar-refractivity contribution is 6.04. The summed E-state index contributed by atoms with van der Waals surface area (Å²) < 4.78 is 0. The van der Waals surface area contributed by atoms with E-state index in [2.05, 4.69) is 27.7 Å². The minimum Gasteiger partial charge on any atom is -0.322 e. The maximum atomic E-state index is 12.1. The van der Waals surface area contributed by atoms with Gasteiger partial charge in [0, 0.05) is 30.9 Å². The number of likely N-dealkylation sites (tertiary alicyclic amines) is 1. The van der Waals surface area contributed by atoms with E-state index in [4.69, 9.17) is 0 Å². The van der Waals surface area contributed by atoms with Crippen molar-refractivity contribution in [1.29, 1.82) is 0 Å². The number of rotatable bonds is 4. The molecule has 0 aromatic heterocycles. The van der Waals surface area contributed by atoms with Gasteiger partial charge in [-0.05, 0) is 56.1 Å². The molecule has 2 heterocycles. The maximum Gasteiger partial charge on any atom is 0.251 e. The number of hydrogen-bond acceptors (Lipinski definition) is 3. The van der Waals surface area contributed by atoms with Gasteiger partial charge in [0.2, 0.25) is 0 Å². The van der Waals surface area contributed by atoms with Gasteiger partial charge in [-0.2, -0.15) is 0 Å². The minimum atomic E-state index is 0.0128. The van der Waals surface area contributed by atoms with E-state index in [1.807, 2.05) is 19.1 Å². The van der Waals surface area contributed by atoms with Crippen LogP contribution in [0.3, 0.4) is 0 Å². The third-order valence-corrected chi connectivity index (χ3v) is 4.36. The Morgan fingerprint density at radius 1 is 1.19 bits per heavy atom. The topological polar surface area (TPSA) is 44.4 Å². The predicted molar refractivity (Wildman–Crippen MR) is 85.2 cm³/mol. The van der Waals surface area contributed by atoms with E-state index >= 15 is 0 Å². The third kappa shape index (κ3) is 3.52. The number of hydrogen-bond donors (Lipinski definition) is 2.